The van der Waals surface area contributed by atoms with Crippen molar-refractivity contribution in [2.24, 2.45) is 5.73 Å². The molecule has 1 fully saturated rings. The molecule has 0 amide bonds. The van der Waals surface area contributed by atoms with Crippen LogP contribution in [0, 0.1) is 0 Å². The Balaban J connectivity index is 0.000000980. The quantitative estimate of drug-likeness (QED) is 0.218. The third-order valence-corrected chi connectivity index (χ3v) is 2.89. The Morgan fingerprint density at radius 2 is 1.86 bits per heavy atom. The number of hydrogen-bond acceptors (Lipinski definition) is 9. The number of hydrogen-bond donors (Lipinski definition) is 9. The summed E-state index contributed by atoms with van der Waals surface area (Å²) in [5, 5.41) is 55.5. The summed E-state index contributed by atoms with van der Waals surface area (Å²) in [5.41, 5.74) is 5.51. The van der Waals surface area contributed by atoms with Gasteiger partial charge in [0.1, 0.15) is 18.3 Å². The second kappa shape index (κ2) is 8.84. The van der Waals surface area contributed by atoms with E-state index in [-0.39, 0.29) is 0 Å². The second-order valence-electron chi connectivity index (χ2n) is 4.54. The standard InChI is InChI=1S/C9H17NO8.H3O3P/c10-5-3(12)1-9(17,8(15)16)18-7(5)6(14)4(13)2-11;1-4(2)3/h3-7,11-14,17H,1-2,10H2,(H,15,16);4H,(H2,1,2,3)/t3-,4?,5+,6?,7+,9?;/m0./s1. The third kappa shape index (κ3) is 5.85. The Labute approximate surface area is 125 Å². The van der Waals surface area contributed by atoms with Crippen molar-refractivity contribution >= 4 is 14.2 Å². The highest BCUT2D eigenvalue weighted by atomic mass is 31.1. The Hall–Kier alpha value is -0.660. The van der Waals surface area contributed by atoms with Gasteiger partial charge < -0.3 is 50.9 Å². The highest BCUT2D eigenvalue weighted by Gasteiger charge is 2.52. The maximum Gasteiger partial charge on any atom is 0.364 e. The number of aliphatic hydroxyl groups excluding tert-OH is 4. The van der Waals surface area contributed by atoms with Gasteiger partial charge in [-0.25, -0.2) is 4.79 Å². The number of aliphatic hydroxyl groups is 5. The molecule has 132 valence electrons. The van der Waals surface area contributed by atoms with Crippen LogP contribution in [-0.4, -0.2) is 89.2 Å². The molecule has 0 aromatic carbocycles. The van der Waals surface area contributed by atoms with Crippen LogP contribution in [-0.2, 0) is 14.1 Å². The molecule has 1 saturated heterocycles. The average Bonchev–Trinajstić information content (AvgIpc) is 2.40. The number of rotatable bonds is 4. The van der Waals surface area contributed by atoms with Crippen LogP contribution in [0.25, 0.3) is 0 Å². The zero-order chi connectivity index (χ0) is 17.7. The molecule has 3 unspecified atom stereocenters. The van der Waals surface area contributed by atoms with Crippen molar-refractivity contribution < 1.29 is 54.5 Å². The number of carboxylic acid groups (broad SMARTS) is 1. The van der Waals surface area contributed by atoms with Crippen LogP contribution >= 0.6 is 8.25 Å². The Bertz CT molecular complexity index is 392. The van der Waals surface area contributed by atoms with Gasteiger partial charge in [0.25, 0.3) is 5.79 Å². The van der Waals surface area contributed by atoms with Crippen LogP contribution in [0.1, 0.15) is 6.42 Å². The van der Waals surface area contributed by atoms with Gasteiger partial charge in [0.15, 0.2) is 0 Å². The Morgan fingerprint density at radius 1 is 1.41 bits per heavy atom. The molecule has 0 bridgehead atoms. The van der Waals surface area contributed by atoms with Gasteiger partial charge >= 0.3 is 14.2 Å². The average molecular weight is 349 g/mol. The lowest BCUT2D eigenvalue weighted by Gasteiger charge is -2.43. The summed E-state index contributed by atoms with van der Waals surface area (Å²) in [6.07, 6.45) is -7.01. The van der Waals surface area contributed by atoms with E-state index in [2.05, 4.69) is 0 Å². The molecule has 0 aliphatic carbocycles. The zero-order valence-electron chi connectivity index (χ0n) is 11.2. The van der Waals surface area contributed by atoms with Gasteiger partial charge in [-0.05, 0) is 0 Å². The number of aliphatic carboxylic acids is 1. The number of ether oxygens (including phenoxy) is 1. The van der Waals surface area contributed by atoms with Crippen molar-refractivity contribution in [3.8, 4) is 0 Å². The Morgan fingerprint density at radius 3 is 2.23 bits per heavy atom. The summed E-state index contributed by atoms with van der Waals surface area (Å²) in [6, 6.07) is -1.21. The first kappa shape index (κ1) is 21.3. The fourth-order valence-corrected chi connectivity index (χ4v) is 1.75. The van der Waals surface area contributed by atoms with Crippen LogP contribution in [0.15, 0.2) is 0 Å². The molecule has 1 rings (SSSR count). The summed E-state index contributed by atoms with van der Waals surface area (Å²) in [6.45, 7) is -0.810. The van der Waals surface area contributed by atoms with E-state index in [0.29, 0.717) is 0 Å². The maximum absolute atomic E-state index is 10.8. The summed E-state index contributed by atoms with van der Waals surface area (Å²) in [5.74, 6) is -4.44. The van der Waals surface area contributed by atoms with Gasteiger partial charge in [0.05, 0.1) is 18.8 Å². The van der Waals surface area contributed by atoms with Gasteiger partial charge in [0.2, 0.25) is 0 Å². The van der Waals surface area contributed by atoms with Gasteiger partial charge in [0, 0.05) is 6.42 Å². The minimum absolute atomic E-state index is 0.665. The van der Waals surface area contributed by atoms with E-state index < -0.39 is 63.5 Å². The van der Waals surface area contributed by atoms with E-state index in [1.165, 1.54) is 0 Å². The second-order valence-corrected chi connectivity index (χ2v) is 5.11. The molecule has 0 radical (unpaired) electrons. The normalized spacial score (nSPS) is 34.5. The molecular weight excluding hydrogens is 329 g/mol. The molecule has 1 heterocycles. The molecule has 1 aliphatic heterocycles. The lowest BCUT2D eigenvalue weighted by molar-refractivity contribution is -0.292. The van der Waals surface area contributed by atoms with E-state index >= 15 is 0 Å². The van der Waals surface area contributed by atoms with E-state index in [9.17, 15) is 25.2 Å². The topological polar surface area (TPSA) is 231 Å². The fraction of sp³-hybridized carbons (Fsp3) is 0.889. The number of carboxylic acids is 1. The highest BCUT2D eigenvalue weighted by Crippen LogP contribution is 2.29. The summed E-state index contributed by atoms with van der Waals surface area (Å²) < 4.78 is 13.5. The van der Waals surface area contributed by atoms with Crippen molar-refractivity contribution in [2.45, 2.75) is 42.7 Å². The van der Waals surface area contributed by atoms with E-state index in [1.54, 1.807) is 0 Å². The third-order valence-electron chi connectivity index (χ3n) is 2.89. The lowest BCUT2D eigenvalue weighted by Crippen LogP contribution is -2.65. The molecule has 22 heavy (non-hydrogen) atoms. The first-order chi connectivity index (χ1) is 9.96. The van der Waals surface area contributed by atoms with Crippen LogP contribution in [0.5, 0.6) is 0 Å². The van der Waals surface area contributed by atoms with E-state index in [1.807, 2.05) is 0 Å². The largest absolute Gasteiger partial charge is 0.477 e. The van der Waals surface area contributed by atoms with Crippen molar-refractivity contribution in [2.75, 3.05) is 6.61 Å². The van der Waals surface area contributed by atoms with E-state index in [4.69, 9.17) is 35.0 Å². The monoisotopic (exact) mass is 349 g/mol. The van der Waals surface area contributed by atoms with Crippen molar-refractivity contribution in [3.05, 3.63) is 0 Å². The molecule has 10 N–H and O–H groups in total. The van der Waals surface area contributed by atoms with Gasteiger partial charge in [-0.1, -0.05) is 0 Å². The molecule has 0 aromatic rings. The van der Waals surface area contributed by atoms with Gasteiger partial charge in [-0.3, -0.25) is 4.57 Å². The van der Waals surface area contributed by atoms with Crippen molar-refractivity contribution in [1.82, 2.24) is 0 Å². The van der Waals surface area contributed by atoms with Crippen LogP contribution in [0.4, 0.5) is 0 Å². The molecule has 12 nitrogen and oxygen atoms in total. The lowest BCUT2D eigenvalue weighted by atomic mass is 9.89. The minimum Gasteiger partial charge on any atom is -0.477 e. The van der Waals surface area contributed by atoms with Crippen LogP contribution in [0.2, 0.25) is 0 Å². The van der Waals surface area contributed by atoms with E-state index in [0.717, 1.165) is 0 Å². The predicted octanol–water partition coefficient (Wildman–Crippen LogP) is -4.69. The number of carbonyl (C=O) groups is 1. The molecular formula is C9H20NO11P. The maximum atomic E-state index is 10.8. The Kier molecular flexibility index (Phi) is 8.57. The SMILES string of the molecule is N[C@@H]1[C@@H](O)CC(O)(C(=O)O)O[C@H]1C(O)C(O)CO.O=[PH](O)O. The predicted molar refractivity (Wildman–Crippen MR) is 68.6 cm³/mol. The van der Waals surface area contributed by atoms with Gasteiger partial charge in [-0.15, -0.1) is 0 Å². The zero-order valence-corrected chi connectivity index (χ0v) is 12.2. The van der Waals surface area contributed by atoms with Crippen LogP contribution in [0.3, 0.4) is 0 Å². The van der Waals surface area contributed by atoms with Crippen molar-refractivity contribution in [1.29, 1.82) is 0 Å². The molecule has 0 spiro atoms. The summed E-state index contributed by atoms with van der Waals surface area (Å²) in [4.78, 5) is 25.1. The highest BCUT2D eigenvalue weighted by molar-refractivity contribution is 7.30. The first-order valence-electron chi connectivity index (χ1n) is 5.92. The fourth-order valence-electron chi connectivity index (χ4n) is 1.75. The molecule has 1 aliphatic rings. The molecule has 0 aromatic heterocycles. The summed E-state index contributed by atoms with van der Waals surface area (Å²) in [7, 11) is -3.13. The molecule has 6 atom stereocenters. The van der Waals surface area contributed by atoms with Crippen molar-refractivity contribution in [3.63, 3.8) is 0 Å². The minimum atomic E-state index is -3.13. The summed E-state index contributed by atoms with van der Waals surface area (Å²) >= 11 is 0. The first-order valence-corrected chi connectivity index (χ1v) is 7.22. The number of nitrogens with two attached hydrogens (primary N) is 1. The van der Waals surface area contributed by atoms with Gasteiger partial charge in [-0.2, -0.15) is 0 Å². The smallest absolute Gasteiger partial charge is 0.364 e. The van der Waals surface area contributed by atoms with Crippen LogP contribution < -0.4 is 5.73 Å². The molecule has 0 saturated carbocycles. The molecule has 13 heteroatoms.